The lowest BCUT2D eigenvalue weighted by atomic mass is 10.0. The Hall–Kier alpha value is -0.370. The molecule has 0 aromatic rings. The van der Waals surface area contributed by atoms with Gasteiger partial charge in [0.2, 0.25) is 0 Å². The second-order valence-electron chi connectivity index (χ2n) is 5.26. The summed E-state index contributed by atoms with van der Waals surface area (Å²) in [5, 5.41) is 0. The van der Waals surface area contributed by atoms with Crippen molar-refractivity contribution < 1.29 is 4.79 Å². The molecule has 0 aliphatic heterocycles. The lowest BCUT2D eigenvalue weighted by Crippen LogP contribution is -2.31. The summed E-state index contributed by atoms with van der Waals surface area (Å²) in [4.78, 5) is 14.0. The number of hydrogen-bond donors (Lipinski definition) is 0. The molecule has 2 rings (SSSR count). The molecule has 1 atom stereocenters. The van der Waals surface area contributed by atoms with E-state index in [1.54, 1.807) is 0 Å². The predicted octanol–water partition coefficient (Wildman–Crippen LogP) is 2.62. The topological polar surface area (TPSA) is 20.3 Å². The van der Waals surface area contributed by atoms with Crippen LogP contribution in [0.2, 0.25) is 0 Å². The first-order chi connectivity index (χ1) is 7.27. The van der Waals surface area contributed by atoms with Gasteiger partial charge in [0.15, 0.2) is 0 Å². The third-order valence-corrected chi connectivity index (χ3v) is 4.21. The van der Waals surface area contributed by atoms with E-state index in [-0.39, 0.29) is 0 Å². The quantitative estimate of drug-likeness (QED) is 0.709. The zero-order valence-electron chi connectivity index (χ0n) is 9.87. The molecule has 2 nitrogen and oxygen atoms in total. The van der Waals surface area contributed by atoms with Crippen LogP contribution in [-0.4, -0.2) is 30.3 Å². The predicted molar refractivity (Wildman–Crippen MR) is 61.9 cm³/mol. The van der Waals surface area contributed by atoms with Crippen molar-refractivity contribution >= 4 is 5.78 Å². The Bertz CT molecular complexity index is 221. The highest BCUT2D eigenvalue weighted by Crippen LogP contribution is 2.26. The number of rotatable bonds is 4. The summed E-state index contributed by atoms with van der Waals surface area (Å²) >= 11 is 0. The summed E-state index contributed by atoms with van der Waals surface area (Å²) in [6, 6.07) is 0.807. The molecule has 0 spiro atoms. The Morgan fingerprint density at radius 1 is 1.20 bits per heavy atom. The Labute approximate surface area is 93.0 Å². The molecule has 0 aromatic carbocycles. The van der Waals surface area contributed by atoms with E-state index in [0.29, 0.717) is 11.7 Å². The van der Waals surface area contributed by atoms with Crippen LogP contribution in [0.4, 0.5) is 0 Å². The maximum atomic E-state index is 11.5. The van der Waals surface area contributed by atoms with Crippen molar-refractivity contribution in [2.24, 2.45) is 5.92 Å². The fourth-order valence-electron chi connectivity index (χ4n) is 3.08. The molecule has 2 aliphatic rings. The Kier molecular flexibility index (Phi) is 3.79. The molecule has 0 heterocycles. The van der Waals surface area contributed by atoms with Crippen LogP contribution in [0.1, 0.15) is 51.4 Å². The molecule has 2 fully saturated rings. The molecule has 1 unspecified atom stereocenters. The van der Waals surface area contributed by atoms with E-state index in [2.05, 4.69) is 11.9 Å². The molecule has 2 heteroatoms. The minimum absolute atomic E-state index is 0.397. The number of carbonyl (C=O) groups excluding carboxylic acids is 1. The number of ketones is 1. The average Bonchev–Trinajstić information content (AvgIpc) is 2.85. The van der Waals surface area contributed by atoms with Crippen LogP contribution in [0.25, 0.3) is 0 Å². The van der Waals surface area contributed by atoms with Gasteiger partial charge < -0.3 is 4.90 Å². The maximum absolute atomic E-state index is 11.5. The van der Waals surface area contributed by atoms with Gasteiger partial charge >= 0.3 is 0 Å². The average molecular weight is 209 g/mol. The normalized spacial score (nSPS) is 28.1. The lowest BCUT2D eigenvalue weighted by molar-refractivity contribution is -0.120. The first-order valence-electron chi connectivity index (χ1n) is 6.50. The lowest BCUT2D eigenvalue weighted by Gasteiger charge is -2.24. The van der Waals surface area contributed by atoms with Gasteiger partial charge in [0.05, 0.1) is 0 Å². The number of nitrogens with zero attached hydrogens (tertiary/aromatic N) is 1. The van der Waals surface area contributed by atoms with Crippen LogP contribution in [0.3, 0.4) is 0 Å². The van der Waals surface area contributed by atoms with Crippen molar-refractivity contribution in [2.75, 3.05) is 13.6 Å². The molecular formula is C13H23NO. The molecule has 0 bridgehead atoms. The van der Waals surface area contributed by atoms with Crippen molar-refractivity contribution in [2.45, 2.75) is 57.4 Å². The summed E-state index contributed by atoms with van der Waals surface area (Å²) in [5.41, 5.74) is 0. The Morgan fingerprint density at radius 2 is 1.93 bits per heavy atom. The highest BCUT2D eigenvalue weighted by molar-refractivity contribution is 5.82. The van der Waals surface area contributed by atoms with Gasteiger partial charge in [0.25, 0.3) is 0 Å². The maximum Gasteiger partial charge on any atom is 0.136 e. The monoisotopic (exact) mass is 209 g/mol. The van der Waals surface area contributed by atoms with Crippen LogP contribution in [0.15, 0.2) is 0 Å². The van der Waals surface area contributed by atoms with Crippen LogP contribution < -0.4 is 0 Å². The van der Waals surface area contributed by atoms with Crippen LogP contribution >= 0.6 is 0 Å². The number of hydrogen-bond acceptors (Lipinski definition) is 2. The van der Waals surface area contributed by atoms with Crippen molar-refractivity contribution in [3.05, 3.63) is 0 Å². The zero-order chi connectivity index (χ0) is 10.7. The molecular weight excluding hydrogens is 186 g/mol. The largest absolute Gasteiger partial charge is 0.303 e. The highest BCUT2D eigenvalue weighted by Gasteiger charge is 2.25. The summed E-state index contributed by atoms with van der Waals surface area (Å²) in [6.45, 7) is 1.13. The highest BCUT2D eigenvalue weighted by atomic mass is 16.1. The zero-order valence-corrected chi connectivity index (χ0v) is 9.87. The van der Waals surface area contributed by atoms with Gasteiger partial charge in [-0.15, -0.1) is 0 Å². The van der Waals surface area contributed by atoms with E-state index in [0.717, 1.165) is 38.3 Å². The number of Topliss-reactive ketones (excluding diaryl/α,β-unsaturated/α-hetero) is 1. The van der Waals surface area contributed by atoms with Crippen LogP contribution in [0.5, 0.6) is 0 Å². The molecule has 0 amide bonds. The van der Waals surface area contributed by atoms with Gasteiger partial charge in [0.1, 0.15) is 5.78 Å². The SMILES string of the molecule is CN(CCC1CCCC1=O)C1CCCC1. The van der Waals surface area contributed by atoms with Crippen molar-refractivity contribution in [3.63, 3.8) is 0 Å². The molecule has 2 saturated carbocycles. The molecule has 86 valence electrons. The van der Waals surface area contributed by atoms with Crippen molar-refractivity contribution in [3.8, 4) is 0 Å². The van der Waals surface area contributed by atoms with Crippen LogP contribution in [0, 0.1) is 5.92 Å². The molecule has 0 saturated heterocycles. The van der Waals surface area contributed by atoms with E-state index in [1.165, 1.54) is 25.7 Å². The fraction of sp³-hybridized carbons (Fsp3) is 0.923. The summed E-state index contributed by atoms with van der Waals surface area (Å²) in [6.07, 6.45) is 9.77. The first kappa shape index (κ1) is 11.1. The van der Waals surface area contributed by atoms with Gasteiger partial charge in [-0.1, -0.05) is 12.8 Å². The third-order valence-electron chi connectivity index (χ3n) is 4.21. The van der Waals surface area contributed by atoms with Gasteiger partial charge in [-0.2, -0.15) is 0 Å². The van der Waals surface area contributed by atoms with Crippen LogP contribution in [-0.2, 0) is 4.79 Å². The molecule has 2 aliphatic carbocycles. The molecule has 0 N–H and O–H groups in total. The van der Waals surface area contributed by atoms with Gasteiger partial charge in [0, 0.05) is 18.4 Å². The molecule has 15 heavy (non-hydrogen) atoms. The van der Waals surface area contributed by atoms with Gasteiger partial charge in [-0.05, 0) is 45.7 Å². The minimum Gasteiger partial charge on any atom is -0.303 e. The summed E-state index contributed by atoms with van der Waals surface area (Å²) in [7, 11) is 2.23. The van der Waals surface area contributed by atoms with Crippen molar-refractivity contribution in [1.29, 1.82) is 0 Å². The second kappa shape index (κ2) is 5.11. The molecule has 0 radical (unpaired) electrons. The smallest absolute Gasteiger partial charge is 0.136 e. The minimum atomic E-state index is 0.397. The summed E-state index contributed by atoms with van der Waals surface area (Å²) < 4.78 is 0. The fourth-order valence-corrected chi connectivity index (χ4v) is 3.08. The first-order valence-corrected chi connectivity index (χ1v) is 6.50. The number of carbonyl (C=O) groups is 1. The molecule has 0 aromatic heterocycles. The second-order valence-corrected chi connectivity index (χ2v) is 5.26. The van der Waals surface area contributed by atoms with E-state index in [4.69, 9.17) is 0 Å². The Balaban J connectivity index is 1.70. The van der Waals surface area contributed by atoms with E-state index in [9.17, 15) is 4.79 Å². The van der Waals surface area contributed by atoms with Gasteiger partial charge in [-0.25, -0.2) is 0 Å². The third kappa shape index (κ3) is 2.81. The van der Waals surface area contributed by atoms with E-state index in [1.807, 2.05) is 0 Å². The van der Waals surface area contributed by atoms with E-state index >= 15 is 0 Å². The standard InChI is InChI=1S/C13H23NO/c1-14(12-6-2-3-7-12)10-9-11-5-4-8-13(11)15/h11-12H,2-10H2,1H3. The Morgan fingerprint density at radius 3 is 2.53 bits per heavy atom. The van der Waals surface area contributed by atoms with E-state index < -0.39 is 0 Å². The summed E-state index contributed by atoms with van der Waals surface area (Å²) in [5.74, 6) is 0.920. The van der Waals surface area contributed by atoms with Gasteiger partial charge in [-0.3, -0.25) is 4.79 Å². The van der Waals surface area contributed by atoms with Crippen molar-refractivity contribution in [1.82, 2.24) is 4.90 Å².